The smallest absolute Gasteiger partial charge is 0.336 e. The molecule has 1 aromatic carbocycles. The van der Waals surface area contributed by atoms with E-state index in [0.29, 0.717) is 5.75 Å². The highest BCUT2D eigenvalue weighted by Gasteiger charge is 2.39. The van der Waals surface area contributed by atoms with Crippen LogP contribution < -0.4 is 15.0 Å². The molecule has 6 nitrogen and oxygen atoms in total. The van der Waals surface area contributed by atoms with Gasteiger partial charge in [-0.3, -0.25) is 14.9 Å². The summed E-state index contributed by atoms with van der Waals surface area (Å²) in [6.45, 7) is 1.81. The van der Waals surface area contributed by atoms with Crippen molar-refractivity contribution in [1.29, 1.82) is 0 Å². The van der Waals surface area contributed by atoms with Crippen molar-refractivity contribution in [3.8, 4) is 5.75 Å². The Morgan fingerprint density at radius 1 is 1.24 bits per heavy atom. The second-order valence-corrected chi connectivity index (χ2v) is 3.58. The minimum atomic E-state index is -0.932. The first-order chi connectivity index (χ1) is 8.04. The number of nitrogens with one attached hydrogen (secondary N) is 1. The molecular formula is C11H10N2O4. The van der Waals surface area contributed by atoms with Gasteiger partial charge in [0.15, 0.2) is 0 Å². The topological polar surface area (TPSA) is 75.7 Å². The third-order valence-electron chi connectivity index (χ3n) is 2.40. The number of benzene rings is 1. The van der Waals surface area contributed by atoms with Crippen LogP contribution in [0.25, 0.3) is 0 Å². The monoisotopic (exact) mass is 234 g/mol. The fourth-order valence-corrected chi connectivity index (χ4v) is 1.59. The summed E-state index contributed by atoms with van der Waals surface area (Å²) in [5.41, 5.74) is 1.11. The Hall–Kier alpha value is -2.37. The summed E-state index contributed by atoms with van der Waals surface area (Å²) in [6.07, 6.45) is 0. The molecule has 0 aliphatic carbocycles. The molecule has 1 aliphatic rings. The average molecular weight is 234 g/mol. The summed E-state index contributed by atoms with van der Waals surface area (Å²) in [4.78, 5) is 34.9. The second-order valence-electron chi connectivity index (χ2n) is 3.58. The molecule has 6 heteroatoms. The van der Waals surface area contributed by atoms with Gasteiger partial charge in [0.05, 0.1) is 12.8 Å². The molecule has 88 valence electrons. The molecule has 0 bridgehead atoms. The van der Waals surface area contributed by atoms with Crippen LogP contribution in [0.3, 0.4) is 0 Å². The van der Waals surface area contributed by atoms with Crippen LogP contribution in [0.15, 0.2) is 18.2 Å². The zero-order valence-corrected chi connectivity index (χ0v) is 9.31. The van der Waals surface area contributed by atoms with E-state index in [1.54, 1.807) is 18.2 Å². The molecule has 0 saturated carbocycles. The Balaban J connectivity index is 2.53. The fourth-order valence-electron chi connectivity index (χ4n) is 1.59. The first-order valence-electron chi connectivity index (χ1n) is 4.88. The number of rotatable bonds is 2. The Labute approximate surface area is 97.2 Å². The van der Waals surface area contributed by atoms with Crippen molar-refractivity contribution in [2.24, 2.45) is 0 Å². The Bertz CT molecular complexity index is 524. The highest BCUT2D eigenvalue weighted by molar-refractivity contribution is 6.53. The molecule has 0 unspecified atom stereocenters. The van der Waals surface area contributed by atoms with Crippen LogP contribution in [0, 0.1) is 6.92 Å². The van der Waals surface area contributed by atoms with E-state index >= 15 is 0 Å². The summed E-state index contributed by atoms with van der Waals surface area (Å²) >= 11 is 0. The molecule has 0 aromatic heterocycles. The SMILES string of the molecule is COc1ccc(C)cc1N1C(=O)NC(=O)C1=O. The molecule has 1 fully saturated rings. The number of carbonyl (C=O) groups excluding carboxylic acids is 3. The zero-order chi connectivity index (χ0) is 12.6. The van der Waals surface area contributed by atoms with Gasteiger partial charge in [0.1, 0.15) is 5.75 Å². The molecule has 1 aliphatic heterocycles. The van der Waals surface area contributed by atoms with Crippen LogP contribution in [0.2, 0.25) is 0 Å². The lowest BCUT2D eigenvalue weighted by atomic mass is 10.2. The summed E-state index contributed by atoms with van der Waals surface area (Å²) in [5, 5.41) is 1.93. The number of aryl methyl sites for hydroxylation is 1. The van der Waals surface area contributed by atoms with Gasteiger partial charge in [0.25, 0.3) is 0 Å². The highest BCUT2D eigenvalue weighted by atomic mass is 16.5. The normalized spacial score (nSPS) is 15.2. The molecular weight excluding hydrogens is 224 g/mol. The van der Waals surface area contributed by atoms with Crippen molar-refractivity contribution in [2.75, 3.05) is 12.0 Å². The number of amides is 4. The number of nitrogens with zero attached hydrogens (tertiary/aromatic N) is 1. The van der Waals surface area contributed by atoms with E-state index in [9.17, 15) is 14.4 Å². The summed E-state index contributed by atoms with van der Waals surface area (Å²) < 4.78 is 5.06. The third kappa shape index (κ3) is 1.73. The van der Waals surface area contributed by atoms with Crippen molar-refractivity contribution in [2.45, 2.75) is 6.92 Å². The van der Waals surface area contributed by atoms with Crippen LogP contribution >= 0.6 is 0 Å². The van der Waals surface area contributed by atoms with Gasteiger partial charge in [-0.15, -0.1) is 0 Å². The third-order valence-corrected chi connectivity index (χ3v) is 2.40. The van der Waals surface area contributed by atoms with Crippen molar-refractivity contribution in [1.82, 2.24) is 5.32 Å². The van der Waals surface area contributed by atoms with Gasteiger partial charge in [-0.05, 0) is 24.6 Å². The molecule has 1 N–H and O–H groups in total. The standard InChI is InChI=1S/C11H10N2O4/c1-6-3-4-8(17-2)7(5-6)13-10(15)9(14)12-11(13)16/h3-5H,1-2H3,(H,12,14,16). The Kier molecular flexibility index (Phi) is 2.55. The minimum absolute atomic E-state index is 0.265. The average Bonchev–Trinajstić information content (AvgIpc) is 2.53. The largest absolute Gasteiger partial charge is 0.495 e. The molecule has 0 spiro atoms. The van der Waals surface area contributed by atoms with Crippen LogP contribution in [0.4, 0.5) is 10.5 Å². The number of hydrogen-bond donors (Lipinski definition) is 1. The quantitative estimate of drug-likeness (QED) is 0.600. The number of methoxy groups -OCH3 is 1. The van der Waals surface area contributed by atoms with E-state index in [2.05, 4.69) is 0 Å². The number of anilines is 1. The van der Waals surface area contributed by atoms with Gasteiger partial charge in [-0.1, -0.05) is 6.07 Å². The van der Waals surface area contributed by atoms with Gasteiger partial charge in [0.2, 0.25) is 0 Å². The lowest BCUT2D eigenvalue weighted by Gasteiger charge is -2.15. The lowest BCUT2D eigenvalue weighted by molar-refractivity contribution is -0.134. The van der Waals surface area contributed by atoms with Crippen LogP contribution in [-0.4, -0.2) is 25.0 Å². The van der Waals surface area contributed by atoms with Crippen LogP contribution in [0.5, 0.6) is 5.75 Å². The van der Waals surface area contributed by atoms with Gasteiger partial charge in [-0.25, -0.2) is 9.69 Å². The van der Waals surface area contributed by atoms with E-state index in [-0.39, 0.29) is 5.69 Å². The Morgan fingerprint density at radius 2 is 1.94 bits per heavy atom. The van der Waals surface area contributed by atoms with Crippen molar-refractivity contribution in [3.63, 3.8) is 0 Å². The zero-order valence-electron chi connectivity index (χ0n) is 9.31. The summed E-state index contributed by atoms with van der Waals surface area (Å²) in [6, 6.07) is 4.26. The predicted octanol–water partition coefficient (Wildman–Crippen LogP) is 0.586. The van der Waals surface area contributed by atoms with E-state index < -0.39 is 17.8 Å². The molecule has 1 heterocycles. The van der Waals surface area contributed by atoms with Crippen molar-refractivity contribution >= 4 is 23.5 Å². The second kappa shape index (κ2) is 3.89. The van der Waals surface area contributed by atoms with Crippen LogP contribution in [-0.2, 0) is 9.59 Å². The number of ether oxygens (including phenoxy) is 1. The van der Waals surface area contributed by atoms with Gasteiger partial charge < -0.3 is 4.74 Å². The maximum Gasteiger partial charge on any atom is 0.336 e. The van der Waals surface area contributed by atoms with Gasteiger partial charge in [-0.2, -0.15) is 0 Å². The number of imide groups is 2. The molecule has 17 heavy (non-hydrogen) atoms. The lowest BCUT2D eigenvalue weighted by Crippen LogP contribution is -2.31. The van der Waals surface area contributed by atoms with E-state index in [1.807, 2.05) is 12.2 Å². The van der Waals surface area contributed by atoms with Crippen LogP contribution in [0.1, 0.15) is 5.56 Å². The molecule has 0 atom stereocenters. The molecule has 4 amide bonds. The predicted molar refractivity (Wildman–Crippen MR) is 58.8 cm³/mol. The van der Waals surface area contributed by atoms with Gasteiger partial charge >= 0.3 is 17.8 Å². The van der Waals surface area contributed by atoms with Gasteiger partial charge in [0, 0.05) is 0 Å². The maximum atomic E-state index is 11.5. The Morgan fingerprint density at radius 3 is 2.47 bits per heavy atom. The first-order valence-corrected chi connectivity index (χ1v) is 4.88. The van der Waals surface area contributed by atoms with E-state index in [4.69, 9.17) is 4.74 Å². The summed E-state index contributed by atoms with van der Waals surface area (Å²) in [7, 11) is 1.43. The number of hydrogen-bond acceptors (Lipinski definition) is 4. The fraction of sp³-hybridized carbons (Fsp3) is 0.182. The number of carbonyl (C=O) groups is 3. The first kappa shape index (κ1) is 11.1. The van der Waals surface area contributed by atoms with E-state index in [0.717, 1.165) is 10.5 Å². The molecule has 1 aromatic rings. The van der Waals surface area contributed by atoms with Crippen molar-refractivity contribution < 1.29 is 19.1 Å². The minimum Gasteiger partial charge on any atom is -0.495 e. The molecule has 1 saturated heterocycles. The summed E-state index contributed by atoms with van der Waals surface area (Å²) in [5.74, 6) is -1.48. The van der Waals surface area contributed by atoms with E-state index in [1.165, 1.54) is 7.11 Å². The molecule has 2 rings (SSSR count). The highest BCUT2D eigenvalue weighted by Crippen LogP contribution is 2.30. The maximum absolute atomic E-state index is 11.5. The molecule has 0 radical (unpaired) electrons. The van der Waals surface area contributed by atoms with Crippen molar-refractivity contribution in [3.05, 3.63) is 23.8 Å². The number of urea groups is 1.